The molecule has 3 nitrogen and oxygen atoms in total. The number of benzene rings is 1. The second-order valence-electron chi connectivity index (χ2n) is 3.69. The van der Waals surface area contributed by atoms with Gasteiger partial charge in [0.2, 0.25) is 5.91 Å². The van der Waals surface area contributed by atoms with Gasteiger partial charge in [-0.2, -0.15) is 13.2 Å². The molecule has 0 saturated carbocycles. The molecule has 17 heavy (non-hydrogen) atoms. The summed E-state index contributed by atoms with van der Waals surface area (Å²) in [5, 5.41) is 2.70. The van der Waals surface area contributed by atoms with Crippen molar-refractivity contribution in [3.8, 4) is 0 Å². The predicted molar refractivity (Wildman–Crippen MR) is 58.0 cm³/mol. The number of rotatable bonds is 1. The third kappa shape index (κ3) is 1.94. The summed E-state index contributed by atoms with van der Waals surface area (Å²) < 4.78 is 38.5. The molecule has 0 unspecified atom stereocenters. The molecule has 0 bridgehead atoms. The van der Waals surface area contributed by atoms with Gasteiger partial charge in [0.1, 0.15) is 0 Å². The number of nitrogens with one attached hydrogen (secondary N) is 1. The highest BCUT2D eigenvalue weighted by molar-refractivity contribution is 6.03. The first-order chi connectivity index (χ1) is 7.95. The molecule has 1 N–H and O–H groups in total. The highest BCUT2D eigenvalue weighted by Crippen LogP contribution is 2.42. The van der Waals surface area contributed by atoms with E-state index in [-0.39, 0.29) is 24.7 Å². The van der Waals surface area contributed by atoms with E-state index in [2.05, 4.69) is 5.32 Å². The third-order valence-corrected chi connectivity index (χ3v) is 2.66. The summed E-state index contributed by atoms with van der Waals surface area (Å²) in [4.78, 5) is 12.7. The van der Waals surface area contributed by atoms with Crippen LogP contribution in [0.3, 0.4) is 0 Å². The lowest BCUT2D eigenvalue weighted by Gasteiger charge is -2.31. The normalized spacial score (nSPS) is 15.5. The summed E-state index contributed by atoms with van der Waals surface area (Å²) in [6, 6.07) is 3.86. The first kappa shape index (κ1) is 11.8. The molecule has 92 valence electrons. The Hall–Kier alpha value is -1.72. The van der Waals surface area contributed by atoms with Crippen molar-refractivity contribution < 1.29 is 18.0 Å². The minimum absolute atomic E-state index is 0.0299. The number of amides is 1. The maximum atomic E-state index is 12.8. The largest absolute Gasteiger partial charge is 0.418 e. The summed E-state index contributed by atoms with van der Waals surface area (Å²) in [5.74, 6) is -0.350. The van der Waals surface area contributed by atoms with E-state index in [9.17, 15) is 18.0 Å². The lowest BCUT2D eigenvalue weighted by molar-refractivity contribution is -0.137. The highest BCUT2D eigenvalue weighted by atomic mass is 19.4. The quantitative estimate of drug-likeness (QED) is 0.823. The van der Waals surface area contributed by atoms with E-state index in [0.717, 1.165) is 11.0 Å². The number of carbonyl (C=O) groups excluding carboxylic acids is 1. The van der Waals surface area contributed by atoms with E-state index in [1.54, 1.807) is 13.0 Å². The molecule has 0 aliphatic carbocycles. The Kier molecular flexibility index (Phi) is 2.73. The van der Waals surface area contributed by atoms with Gasteiger partial charge in [0, 0.05) is 6.54 Å². The molecule has 6 heteroatoms. The zero-order chi connectivity index (χ0) is 12.6. The molecule has 1 heterocycles. The topological polar surface area (TPSA) is 32.3 Å². The van der Waals surface area contributed by atoms with Crippen molar-refractivity contribution in [1.82, 2.24) is 0 Å². The summed E-state index contributed by atoms with van der Waals surface area (Å²) in [5.41, 5.74) is -0.502. The number of alkyl halides is 3. The Bertz CT molecular complexity index is 457. The van der Waals surface area contributed by atoms with E-state index in [1.165, 1.54) is 6.07 Å². The Morgan fingerprint density at radius 3 is 2.71 bits per heavy atom. The van der Waals surface area contributed by atoms with Gasteiger partial charge in [0.25, 0.3) is 0 Å². The predicted octanol–water partition coefficient (Wildman–Crippen LogP) is 2.48. The highest BCUT2D eigenvalue weighted by Gasteiger charge is 2.38. The van der Waals surface area contributed by atoms with Gasteiger partial charge < -0.3 is 10.2 Å². The average molecular weight is 244 g/mol. The lowest BCUT2D eigenvalue weighted by Crippen LogP contribution is -2.41. The van der Waals surface area contributed by atoms with E-state index in [1.807, 2.05) is 0 Å². The van der Waals surface area contributed by atoms with E-state index in [4.69, 9.17) is 0 Å². The lowest BCUT2D eigenvalue weighted by atomic mass is 10.1. The number of fused-ring (bicyclic) bond motifs is 1. The fourth-order valence-corrected chi connectivity index (χ4v) is 1.93. The molecular formula is C11H11F3N2O. The van der Waals surface area contributed by atoms with E-state index >= 15 is 0 Å². The zero-order valence-corrected chi connectivity index (χ0v) is 9.14. The van der Waals surface area contributed by atoms with Crippen LogP contribution >= 0.6 is 0 Å². The minimum atomic E-state index is -4.46. The van der Waals surface area contributed by atoms with Gasteiger partial charge in [-0.05, 0) is 19.1 Å². The molecule has 0 aromatic heterocycles. The molecule has 0 saturated heterocycles. The molecule has 2 rings (SSSR count). The van der Waals surface area contributed by atoms with Gasteiger partial charge in [0.05, 0.1) is 23.5 Å². The third-order valence-electron chi connectivity index (χ3n) is 2.66. The van der Waals surface area contributed by atoms with Crippen LogP contribution in [0.25, 0.3) is 0 Å². The molecule has 0 atom stereocenters. The first-order valence-electron chi connectivity index (χ1n) is 5.19. The molecule has 1 aromatic carbocycles. The van der Waals surface area contributed by atoms with Crippen LogP contribution in [0.5, 0.6) is 0 Å². The summed E-state index contributed by atoms with van der Waals surface area (Å²) in [7, 11) is 0. The second-order valence-corrected chi connectivity index (χ2v) is 3.69. The van der Waals surface area contributed by atoms with Gasteiger partial charge in [-0.3, -0.25) is 4.79 Å². The molecular weight excluding hydrogens is 233 g/mol. The van der Waals surface area contributed by atoms with Crippen molar-refractivity contribution in [2.75, 3.05) is 23.3 Å². The van der Waals surface area contributed by atoms with Crippen LogP contribution in [-0.2, 0) is 11.0 Å². The van der Waals surface area contributed by atoms with Gasteiger partial charge >= 0.3 is 6.18 Å². The zero-order valence-electron chi connectivity index (χ0n) is 9.14. The number of halogens is 3. The first-order valence-corrected chi connectivity index (χ1v) is 5.19. The van der Waals surface area contributed by atoms with Crippen molar-refractivity contribution >= 4 is 17.3 Å². The Labute approximate surface area is 96.2 Å². The number of likely N-dealkylation sites (N-methyl/N-ethyl adjacent to an activating group) is 1. The molecule has 1 amide bonds. The van der Waals surface area contributed by atoms with Crippen LogP contribution in [0.1, 0.15) is 12.5 Å². The minimum Gasteiger partial charge on any atom is -0.374 e. The Morgan fingerprint density at radius 2 is 2.12 bits per heavy atom. The van der Waals surface area contributed by atoms with Crippen LogP contribution in [-0.4, -0.2) is 19.0 Å². The van der Waals surface area contributed by atoms with Crippen molar-refractivity contribution in [2.45, 2.75) is 13.1 Å². The smallest absolute Gasteiger partial charge is 0.374 e. The number of carbonyl (C=O) groups is 1. The van der Waals surface area contributed by atoms with Crippen LogP contribution < -0.4 is 10.2 Å². The van der Waals surface area contributed by atoms with Gasteiger partial charge in [0.15, 0.2) is 0 Å². The fraction of sp³-hybridized carbons (Fsp3) is 0.364. The molecule has 1 aromatic rings. The fourth-order valence-electron chi connectivity index (χ4n) is 1.93. The maximum Gasteiger partial charge on any atom is 0.418 e. The SMILES string of the molecule is CCN1C(=O)CNc2cccc(C(F)(F)F)c21. The van der Waals surface area contributed by atoms with Crippen LogP contribution in [0, 0.1) is 0 Å². The number of para-hydroxylation sites is 1. The second kappa shape index (κ2) is 3.94. The Balaban J connectivity index is 2.62. The average Bonchev–Trinajstić information content (AvgIpc) is 2.27. The van der Waals surface area contributed by atoms with Gasteiger partial charge in [-0.1, -0.05) is 6.07 Å². The van der Waals surface area contributed by atoms with E-state index < -0.39 is 11.7 Å². The molecule has 1 aliphatic heterocycles. The number of nitrogens with zero attached hydrogens (tertiary/aromatic N) is 1. The molecule has 0 spiro atoms. The van der Waals surface area contributed by atoms with Crippen molar-refractivity contribution in [2.24, 2.45) is 0 Å². The Morgan fingerprint density at radius 1 is 1.41 bits per heavy atom. The maximum absolute atomic E-state index is 12.8. The van der Waals surface area contributed by atoms with Gasteiger partial charge in [-0.15, -0.1) is 0 Å². The number of anilines is 2. The van der Waals surface area contributed by atoms with Crippen LogP contribution in [0.15, 0.2) is 18.2 Å². The summed E-state index contributed by atoms with van der Waals surface area (Å²) >= 11 is 0. The summed E-state index contributed by atoms with van der Waals surface area (Å²) in [6.45, 7) is 1.91. The monoisotopic (exact) mass is 244 g/mol. The number of hydrogen-bond donors (Lipinski definition) is 1. The van der Waals surface area contributed by atoms with Crippen molar-refractivity contribution in [3.05, 3.63) is 23.8 Å². The van der Waals surface area contributed by atoms with E-state index in [0.29, 0.717) is 5.69 Å². The molecule has 0 fully saturated rings. The van der Waals surface area contributed by atoms with Crippen LogP contribution in [0.2, 0.25) is 0 Å². The number of hydrogen-bond acceptors (Lipinski definition) is 2. The van der Waals surface area contributed by atoms with Crippen molar-refractivity contribution in [1.29, 1.82) is 0 Å². The van der Waals surface area contributed by atoms with Crippen molar-refractivity contribution in [3.63, 3.8) is 0 Å². The molecule has 0 radical (unpaired) electrons. The van der Waals surface area contributed by atoms with Crippen LogP contribution in [0.4, 0.5) is 24.5 Å². The summed E-state index contributed by atoms with van der Waals surface area (Å²) in [6.07, 6.45) is -4.46. The standard InChI is InChI=1S/C11H11F3N2O/c1-2-16-9(17)6-15-8-5-3-4-7(10(8)16)11(12,13)14/h3-5,15H,2,6H2,1H3. The molecule has 1 aliphatic rings. The van der Waals surface area contributed by atoms with Gasteiger partial charge in [-0.25, -0.2) is 0 Å².